The summed E-state index contributed by atoms with van der Waals surface area (Å²) in [6.45, 7) is 10.5. The molecular formula is C17H35IN4O2. The van der Waals surface area contributed by atoms with Gasteiger partial charge in [0.2, 0.25) is 0 Å². The predicted molar refractivity (Wildman–Crippen MR) is 110 cm³/mol. The highest BCUT2D eigenvalue weighted by Crippen LogP contribution is 2.12. The van der Waals surface area contributed by atoms with Crippen molar-refractivity contribution in [3.63, 3.8) is 0 Å². The summed E-state index contributed by atoms with van der Waals surface area (Å²) in [5, 5.41) is 6.36. The summed E-state index contributed by atoms with van der Waals surface area (Å²) in [6.07, 6.45) is 5.52. The fourth-order valence-electron chi connectivity index (χ4n) is 2.63. The molecular weight excluding hydrogens is 419 g/mol. The van der Waals surface area contributed by atoms with E-state index in [9.17, 15) is 4.79 Å². The number of nitrogens with one attached hydrogen (secondary N) is 2. The van der Waals surface area contributed by atoms with Crippen molar-refractivity contribution in [2.75, 3.05) is 26.7 Å². The Labute approximate surface area is 164 Å². The standard InChI is InChI=1S/C17H34N4O2.HI/c1-6-7-8-9-11-19-15(18-5)21-12-10-14(13-21)20-16(22)23-17(2,3)4;/h14H,6-13H2,1-5H3,(H,18,19)(H,20,22);1H. The molecule has 1 saturated heterocycles. The number of amides is 1. The second-order valence-electron chi connectivity index (χ2n) is 7.11. The van der Waals surface area contributed by atoms with Gasteiger partial charge in [-0.05, 0) is 33.6 Å². The smallest absolute Gasteiger partial charge is 0.407 e. The molecule has 1 heterocycles. The number of aliphatic imine (C=N–C) groups is 1. The molecule has 142 valence electrons. The third-order valence-corrected chi connectivity index (χ3v) is 3.73. The van der Waals surface area contributed by atoms with Crippen LogP contribution in [0.15, 0.2) is 4.99 Å². The SMILES string of the molecule is CCCCCCNC(=NC)N1CCC(NC(=O)OC(C)(C)C)C1.I. The number of rotatable bonds is 6. The van der Waals surface area contributed by atoms with Gasteiger partial charge in [-0.2, -0.15) is 0 Å². The van der Waals surface area contributed by atoms with Gasteiger partial charge in [-0.15, -0.1) is 24.0 Å². The molecule has 24 heavy (non-hydrogen) atoms. The summed E-state index contributed by atoms with van der Waals surface area (Å²) >= 11 is 0. The van der Waals surface area contributed by atoms with Crippen molar-refractivity contribution < 1.29 is 9.53 Å². The molecule has 1 amide bonds. The Morgan fingerprint density at radius 1 is 1.29 bits per heavy atom. The number of likely N-dealkylation sites (tertiary alicyclic amines) is 1. The monoisotopic (exact) mass is 454 g/mol. The van der Waals surface area contributed by atoms with Crippen LogP contribution in [0.3, 0.4) is 0 Å². The van der Waals surface area contributed by atoms with E-state index in [1.54, 1.807) is 0 Å². The van der Waals surface area contributed by atoms with Crippen molar-refractivity contribution >= 4 is 36.0 Å². The van der Waals surface area contributed by atoms with Crippen LogP contribution < -0.4 is 10.6 Å². The van der Waals surface area contributed by atoms with E-state index in [2.05, 4.69) is 27.4 Å². The van der Waals surface area contributed by atoms with E-state index in [4.69, 9.17) is 4.74 Å². The van der Waals surface area contributed by atoms with Crippen LogP contribution in [0.5, 0.6) is 0 Å². The maximum Gasteiger partial charge on any atom is 0.407 e. The maximum atomic E-state index is 11.8. The Bertz CT molecular complexity index is 397. The van der Waals surface area contributed by atoms with Gasteiger partial charge in [0.05, 0.1) is 6.04 Å². The molecule has 1 rings (SSSR count). The summed E-state index contributed by atoms with van der Waals surface area (Å²) in [6, 6.07) is 0.114. The lowest BCUT2D eigenvalue weighted by atomic mass is 10.2. The maximum absolute atomic E-state index is 11.8. The Kier molecular flexibility index (Phi) is 11.4. The molecule has 1 unspecified atom stereocenters. The van der Waals surface area contributed by atoms with Gasteiger partial charge in [-0.3, -0.25) is 4.99 Å². The molecule has 6 nitrogen and oxygen atoms in total. The third-order valence-electron chi connectivity index (χ3n) is 3.73. The fourth-order valence-corrected chi connectivity index (χ4v) is 2.63. The van der Waals surface area contributed by atoms with E-state index in [0.29, 0.717) is 0 Å². The van der Waals surface area contributed by atoms with E-state index in [-0.39, 0.29) is 36.1 Å². The van der Waals surface area contributed by atoms with E-state index in [1.165, 1.54) is 25.7 Å². The number of carbonyl (C=O) groups is 1. The number of alkyl carbamates (subject to hydrolysis) is 1. The first-order valence-corrected chi connectivity index (χ1v) is 8.81. The molecule has 1 aliphatic rings. The number of carbonyl (C=O) groups excluding carboxylic acids is 1. The second-order valence-corrected chi connectivity index (χ2v) is 7.11. The van der Waals surface area contributed by atoms with Crippen molar-refractivity contribution in [1.82, 2.24) is 15.5 Å². The number of guanidine groups is 1. The van der Waals surface area contributed by atoms with Crippen molar-refractivity contribution in [2.24, 2.45) is 4.99 Å². The zero-order valence-electron chi connectivity index (χ0n) is 15.9. The molecule has 1 aliphatic heterocycles. The summed E-state index contributed by atoms with van der Waals surface area (Å²) in [4.78, 5) is 18.4. The number of hydrogen-bond acceptors (Lipinski definition) is 3. The zero-order valence-corrected chi connectivity index (χ0v) is 18.2. The molecule has 1 atom stereocenters. The van der Waals surface area contributed by atoms with E-state index >= 15 is 0 Å². The lowest BCUT2D eigenvalue weighted by Gasteiger charge is -2.23. The average molecular weight is 454 g/mol. The summed E-state index contributed by atoms with van der Waals surface area (Å²) < 4.78 is 5.31. The molecule has 0 saturated carbocycles. The van der Waals surface area contributed by atoms with Gasteiger partial charge >= 0.3 is 6.09 Å². The number of unbranched alkanes of at least 4 members (excludes halogenated alkanes) is 3. The Balaban J connectivity index is 0.00000529. The Morgan fingerprint density at radius 3 is 2.58 bits per heavy atom. The molecule has 0 aromatic heterocycles. The highest BCUT2D eigenvalue weighted by Gasteiger charge is 2.27. The van der Waals surface area contributed by atoms with Crippen LogP contribution in [0.2, 0.25) is 0 Å². The first kappa shape index (κ1) is 23.3. The van der Waals surface area contributed by atoms with E-state index in [0.717, 1.165) is 32.0 Å². The molecule has 2 N–H and O–H groups in total. The largest absolute Gasteiger partial charge is 0.444 e. The van der Waals surface area contributed by atoms with Crippen LogP contribution in [-0.4, -0.2) is 55.3 Å². The van der Waals surface area contributed by atoms with E-state index < -0.39 is 5.60 Å². The van der Waals surface area contributed by atoms with Crippen molar-refractivity contribution in [1.29, 1.82) is 0 Å². The highest BCUT2D eigenvalue weighted by molar-refractivity contribution is 14.0. The zero-order chi connectivity index (χ0) is 17.3. The first-order chi connectivity index (χ1) is 10.9. The summed E-state index contributed by atoms with van der Waals surface area (Å²) in [7, 11) is 1.81. The Hall–Kier alpha value is -0.730. The fraction of sp³-hybridized carbons (Fsp3) is 0.882. The van der Waals surface area contributed by atoms with Crippen LogP contribution >= 0.6 is 24.0 Å². The lowest BCUT2D eigenvalue weighted by molar-refractivity contribution is 0.0507. The minimum absolute atomic E-state index is 0. The number of nitrogens with zero attached hydrogens (tertiary/aromatic N) is 2. The molecule has 0 aromatic carbocycles. The van der Waals surface area contributed by atoms with Crippen LogP contribution in [0, 0.1) is 0 Å². The van der Waals surface area contributed by atoms with Gasteiger partial charge in [0.1, 0.15) is 5.60 Å². The molecule has 1 fully saturated rings. The molecule has 0 aromatic rings. The summed E-state index contributed by atoms with van der Waals surface area (Å²) in [5.74, 6) is 0.926. The van der Waals surface area contributed by atoms with Crippen molar-refractivity contribution in [3.8, 4) is 0 Å². The quantitative estimate of drug-likeness (QED) is 0.280. The number of halogens is 1. The van der Waals surface area contributed by atoms with Gasteiger partial charge < -0.3 is 20.3 Å². The van der Waals surface area contributed by atoms with Crippen molar-refractivity contribution in [2.45, 2.75) is 71.4 Å². The average Bonchev–Trinajstić information content (AvgIpc) is 2.89. The van der Waals surface area contributed by atoms with Crippen LogP contribution in [-0.2, 0) is 4.74 Å². The van der Waals surface area contributed by atoms with Gasteiger partial charge in [0.25, 0.3) is 0 Å². The van der Waals surface area contributed by atoms with Gasteiger partial charge in [0.15, 0.2) is 5.96 Å². The van der Waals surface area contributed by atoms with E-state index in [1.807, 2.05) is 27.8 Å². The summed E-state index contributed by atoms with van der Waals surface area (Å²) in [5.41, 5.74) is -0.460. The Morgan fingerprint density at radius 2 is 2.00 bits per heavy atom. The number of hydrogen-bond donors (Lipinski definition) is 2. The van der Waals surface area contributed by atoms with Gasteiger partial charge in [-0.25, -0.2) is 4.79 Å². The van der Waals surface area contributed by atoms with Gasteiger partial charge in [-0.1, -0.05) is 26.2 Å². The predicted octanol–water partition coefficient (Wildman–Crippen LogP) is 3.36. The van der Waals surface area contributed by atoms with Crippen LogP contribution in [0.1, 0.15) is 59.8 Å². The normalized spacial score (nSPS) is 18.1. The lowest BCUT2D eigenvalue weighted by Crippen LogP contribution is -2.44. The van der Waals surface area contributed by atoms with Crippen LogP contribution in [0.25, 0.3) is 0 Å². The molecule has 0 aliphatic carbocycles. The third kappa shape index (κ3) is 9.54. The number of ether oxygens (including phenoxy) is 1. The van der Waals surface area contributed by atoms with Crippen LogP contribution in [0.4, 0.5) is 4.79 Å². The molecule has 0 spiro atoms. The second kappa shape index (κ2) is 11.8. The minimum Gasteiger partial charge on any atom is -0.444 e. The topological polar surface area (TPSA) is 66.0 Å². The highest BCUT2D eigenvalue weighted by atomic mass is 127. The minimum atomic E-state index is -0.460. The molecule has 0 radical (unpaired) electrons. The molecule has 0 bridgehead atoms. The van der Waals surface area contributed by atoms with Gasteiger partial charge in [0, 0.05) is 26.7 Å². The first-order valence-electron chi connectivity index (χ1n) is 8.81. The molecule has 7 heteroatoms. The van der Waals surface area contributed by atoms with Crippen molar-refractivity contribution in [3.05, 3.63) is 0 Å².